The molecule has 7 nitrogen and oxygen atoms in total. The zero-order valence-electron chi connectivity index (χ0n) is 29.6. The summed E-state index contributed by atoms with van der Waals surface area (Å²) in [5, 5.41) is 18.9. The Kier molecular flexibility index (Phi) is 9.35. The summed E-state index contributed by atoms with van der Waals surface area (Å²) in [6.45, 7) is 10.9. The van der Waals surface area contributed by atoms with Crippen LogP contribution in [0.5, 0.6) is 5.75 Å². The Bertz CT molecular complexity index is 1430. The lowest BCUT2D eigenvalue weighted by Crippen LogP contribution is -2.54. The normalized spacial score (nSPS) is 40.8. The molecule has 1 saturated heterocycles. The number of hydrogen-bond acceptors (Lipinski definition) is 6. The zero-order chi connectivity index (χ0) is 33.6. The summed E-state index contributed by atoms with van der Waals surface area (Å²) >= 11 is 0. The molecule has 0 radical (unpaired) electrons. The van der Waals surface area contributed by atoms with Crippen LogP contribution in [0.25, 0.3) is 0 Å². The molecule has 0 bridgehead atoms. The molecule has 1 aliphatic heterocycles. The van der Waals surface area contributed by atoms with Gasteiger partial charge in [-0.15, -0.1) is 6.42 Å². The van der Waals surface area contributed by atoms with Crippen LogP contribution in [0.4, 0.5) is 0 Å². The van der Waals surface area contributed by atoms with E-state index in [1.54, 1.807) is 7.11 Å². The molecule has 9 atom stereocenters. The number of carbonyl (C=O) groups is 1. The van der Waals surface area contributed by atoms with E-state index in [0.29, 0.717) is 36.3 Å². The second kappa shape index (κ2) is 12.9. The summed E-state index contributed by atoms with van der Waals surface area (Å²) in [6, 6.07) is 8.95. The van der Waals surface area contributed by atoms with Gasteiger partial charge in [0.15, 0.2) is 6.61 Å². The van der Waals surface area contributed by atoms with Crippen molar-refractivity contribution in [2.24, 2.45) is 39.7 Å². The van der Waals surface area contributed by atoms with Crippen LogP contribution < -0.4 is 10.1 Å². The third-order valence-electron chi connectivity index (χ3n) is 14.2. The third kappa shape index (κ3) is 5.82. The van der Waals surface area contributed by atoms with E-state index in [2.05, 4.69) is 74.2 Å². The minimum Gasteiger partial charge on any atom is -0.497 e. The molecule has 0 spiro atoms. The minimum atomic E-state index is -0.961. The summed E-state index contributed by atoms with van der Waals surface area (Å²) < 4.78 is 5.42. The first-order valence-corrected chi connectivity index (χ1v) is 18.1. The molecule has 4 fully saturated rings. The number of hydrogen-bond donors (Lipinski definition) is 2. The van der Waals surface area contributed by atoms with Crippen molar-refractivity contribution in [3.63, 3.8) is 0 Å². The van der Waals surface area contributed by atoms with E-state index in [-0.39, 0.29) is 28.8 Å². The molecule has 256 valence electrons. The van der Waals surface area contributed by atoms with E-state index in [0.717, 1.165) is 82.2 Å². The molecule has 0 unspecified atom stereocenters. The van der Waals surface area contributed by atoms with Gasteiger partial charge in [-0.3, -0.25) is 4.79 Å². The van der Waals surface area contributed by atoms with Gasteiger partial charge in [0.05, 0.1) is 12.8 Å². The molecule has 0 aromatic heterocycles. The first-order chi connectivity index (χ1) is 22.4. The van der Waals surface area contributed by atoms with Gasteiger partial charge in [0, 0.05) is 30.0 Å². The maximum atomic E-state index is 12.9. The third-order valence-corrected chi connectivity index (χ3v) is 14.2. The fraction of sp³-hybridized carbons (Fsp3) is 0.700. The topological polar surface area (TPSA) is 83.4 Å². The van der Waals surface area contributed by atoms with E-state index < -0.39 is 5.60 Å². The average Bonchev–Trinajstić information content (AvgIpc) is 3.34. The highest BCUT2D eigenvalue weighted by Crippen LogP contribution is 2.67. The van der Waals surface area contributed by atoms with Gasteiger partial charge < -0.3 is 24.9 Å². The largest absolute Gasteiger partial charge is 0.497 e. The number of terminal acetylenes is 1. The van der Waals surface area contributed by atoms with Gasteiger partial charge in [-0.1, -0.05) is 49.6 Å². The van der Waals surface area contributed by atoms with Crippen LogP contribution in [0.15, 0.2) is 41.1 Å². The van der Waals surface area contributed by atoms with Crippen molar-refractivity contribution in [2.45, 2.75) is 109 Å². The number of piperidine rings is 1. The van der Waals surface area contributed by atoms with Crippen molar-refractivity contribution in [1.82, 2.24) is 10.2 Å². The Morgan fingerprint density at radius 2 is 1.85 bits per heavy atom. The van der Waals surface area contributed by atoms with Crippen LogP contribution in [0.3, 0.4) is 0 Å². The molecule has 1 amide bonds. The van der Waals surface area contributed by atoms with Crippen LogP contribution in [0.2, 0.25) is 0 Å². The molecule has 6 rings (SSSR count). The highest BCUT2D eigenvalue weighted by molar-refractivity contribution is 5.96. The van der Waals surface area contributed by atoms with Crippen LogP contribution >= 0.6 is 0 Å². The van der Waals surface area contributed by atoms with Crippen molar-refractivity contribution in [3.05, 3.63) is 41.5 Å². The van der Waals surface area contributed by atoms with Crippen molar-refractivity contribution in [1.29, 1.82) is 0 Å². The molecular formula is C40H57N3O4. The zero-order valence-corrected chi connectivity index (χ0v) is 29.6. The number of rotatable bonds is 8. The van der Waals surface area contributed by atoms with E-state index in [4.69, 9.17) is 16.0 Å². The first kappa shape index (κ1) is 34.1. The number of methoxy groups -OCH3 is 1. The molecule has 7 heteroatoms. The van der Waals surface area contributed by atoms with Crippen LogP contribution in [0.1, 0.15) is 97.5 Å². The van der Waals surface area contributed by atoms with Crippen LogP contribution in [0, 0.1) is 46.8 Å². The lowest BCUT2D eigenvalue weighted by molar-refractivity contribution is -0.125. The van der Waals surface area contributed by atoms with Crippen molar-refractivity contribution >= 4 is 11.6 Å². The summed E-state index contributed by atoms with van der Waals surface area (Å²) in [7, 11) is 3.90. The van der Waals surface area contributed by atoms with Gasteiger partial charge in [0.2, 0.25) is 0 Å². The number of ether oxygens (including phenoxy) is 1. The number of benzene rings is 1. The number of allylic oxidation sites excluding steroid dienone is 2. The standard InChI is InChI=1S/C40H57N3O4/c1-8-40(45)20-17-35-33-14-11-30-23-31(15-18-37(30,4)34(33)16-19-38(35,40)5)42-47-26-36(44)41-22-21-39(24-28(3)43(6)25-27(39)2)29-9-12-32(46-7)13-10-29/h1,9-10,12-13,23,27-28,33-35,45H,11,14-22,24-26H2,2-7H3,(H,41,44)/t27-,28-,33+,34+,35+,37-,38-,39-,40-/m0/s1. The van der Waals surface area contributed by atoms with E-state index in [1.165, 1.54) is 11.1 Å². The minimum absolute atomic E-state index is 0.0241. The van der Waals surface area contributed by atoms with Crippen molar-refractivity contribution < 1.29 is 19.5 Å². The SMILES string of the molecule is C#C[C@]1(O)CC[C@@H]2[C@@H]3CCC4=CC(=NOCC(=O)NCC[C@]5(c6ccc(OC)cc6)C[C@H](C)N(C)C[C@@H]5C)CC[C@]4(C)[C@@H]3CC[C@@]21C. The second-order valence-corrected chi connectivity index (χ2v) is 16.2. The molecular weight excluding hydrogens is 586 g/mol. The Labute approximate surface area is 282 Å². The number of likely N-dealkylation sites (tertiary alicyclic amines) is 1. The van der Waals surface area contributed by atoms with Gasteiger partial charge in [-0.2, -0.15) is 0 Å². The Balaban J connectivity index is 1.04. The van der Waals surface area contributed by atoms with Gasteiger partial charge >= 0.3 is 0 Å². The fourth-order valence-corrected chi connectivity index (χ4v) is 11.0. The average molecular weight is 644 g/mol. The molecule has 2 N–H and O–H groups in total. The molecule has 3 saturated carbocycles. The van der Waals surface area contributed by atoms with Crippen molar-refractivity contribution in [3.8, 4) is 18.1 Å². The number of carbonyl (C=O) groups excluding carboxylic acids is 1. The number of oxime groups is 1. The highest BCUT2D eigenvalue weighted by Gasteiger charge is 2.63. The summed E-state index contributed by atoms with van der Waals surface area (Å²) in [4.78, 5) is 21.0. The Morgan fingerprint density at radius 3 is 2.57 bits per heavy atom. The van der Waals surface area contributed by atoms with Gasteiger partial charge in [0.1, 0.15) is 11.4 Å². The number of fused-ring (bicyclic) bond motifs is 5. The molecule has 1 aromatic rings. The summed E-state index contributed by atoms with van der Waals surface area (Å²) in [5.41, 5.74) is 2.74. The van der Waals surface area contributed by atoms with Crippen molar-refractivity contribution in [2.75, 3.05) is 33.9 Å². The number of aliphatic hydroxyl groups is 1. The predicted octanol–water partition coefficient (Wildman–Crippen LogP) is 6.50. The Hall–Kier alpha value is -2.82. The van der Waals surface area contributed by atoms with Gasteiger partial charge in [-0.25, -0.2) is 0 Å². The maximum Gasteiger partial charge on any atom is 0.260 e. The monoisotopic (exact) mass is 643 g/mol. The predicted molar refractivity (Wildman–Crippen MR) is 187 cm³/mol. The van der Waals surface area contributed by atoms with E-state index in [1.807, 2.05) is 12.1 Å². The van der Waals surface area contributed by atoms with E-state index >= 15 is 0 Å². The molecule has 1 heterocycles. The lowest BCUT2D eigenvalue weighted by atomic mass is 9.46. The van der Waals surface area contributed by atoms with Crippen LogP contribution in [-0.2, 0) is 15.0 Å². The quantitative estimate of drug-likeness (QED) is 0.250. The summed E-state index contributed by atoms with van der Waals surface area (Å²) in [5.74, 6) is 5.70. The highest BCUT2D eigenvalue weighted by atomic mass is 16.6. The van der Waals surface area contributed by atoms with E-state index in [9.17, 15) is 9.90 Å². The smallest absolute Gasteiger partial charge is 0.260 e. The maximum absolute atomic E-state index is 12.9. The molecule has 4 aliphatic carbocycles. The molecule has 5 aliphatic rings. The summed E-state index contributed by atoms with van der Waals surface area (Å²) in [6.07, 6.45) is 18.0. The van der Waals surface area contributed by atoms with Gasteiger partial charge in [0.25, 0.3) is 5.91 Å². The molecule has 47 heavy (non-hydrogen) atoms. The Morgan fingerprint density at radius 1 is 1.11 bits per heavy atom. The number of nitrogens with one attached hydrogen (secondary N) is 1. The fourth-order valence-electron chi connectivity index (χ4n) is 11.0. The lowest BCUT2D eigenvalue weighted by Gasteiger charge is -2.58. The van der Waals surface area contributed by atoms with Crippen LogP contribution in [-0.4, -0.2) is 67.1 Å². The number of amides is 1. The second-order valence-electron chi connectivity index (χ2n) is 16.2. The molecule has 1 aromatic carbocycles. The van der Waals surface area contributed by atoms with Gasteiger partial charge in [-0.05, 0) is 131 Å². The first-order valence-electron chi connectivity index (χ1n) is 18.1. The number of nitrogens with zero attached hydrogens (tertiary/aromatic N) is 2.